The van der Waals surface area contributed by atoms with Crippen LogP contribution < -0.4 is 5.56 Å². The zero-order chi connectivity index (χ0) is 21.4. The van der Waals surface area contributed by atoms with E-state index in [1.807, 2.05) is 45.9 Å². The summed E-state index contributed by atoms with van der Waals surface area (Å²) in [5.41, 5.74) is 2.13. The zero-order valence-corrected chi connectivity index (χ0v) is 17.7. The number of aromatic nitrogens is 5. The first-order chi connectivity index (χ1) is 15.1. The number of carbonyl (C=O) groups excluding carboxylic acids is 1. The van der Waals surface area contributed by atoms with E-state index >= 15 is 0 Å². The molecule has 9 heteroatoms. The number of carbonyl (C=O) groups is 1. The van der Waals surface area contributed by atoms with Crippen molar-refractivity contribution in [3.05, 3.63) is 75.4 Å². The molecule has 1 amide bonds. The van der Waals surface area contributed by atoms with Crippen LogP contribution in [-0.2, 0) is 17.9 Å². The molecule has 0 aliphatic carbocycles. The summed E-state index contributed by atoms with van der Waals surface area (Å²) in [5.74, 6) is 0.571. The van der Waals surface area contributed by atoms with Crippen molar-refractivity contribution in [2.45, 2.75) is 37.8 Å². The third-order valence-corrected chi connectivity index (χ3v) is 6.65. The molecule has 31 heavy (non-hydrogen) atoms. The Kier molecular flexibility index (Phi) is 5.31. The monoisotopic (exact) mass is 438 g/mol. The van der Waals surface area contributed by atoms with Gasteiger partial charge in [0.15, 0.2) is 0 Å². The molecule has 2 aliphatic heterocycles. The Hall–Kier alpha value is -3.00. The molecule has 4 heterocycles. The number of hydrogen-bond acceptors (Lipinski definition) is 5. The molecule has 3 aromatic rings. The smallest absolute Gasteiger partial charge is 0.250 e. The number of tetrazole rings is 1. The summed E-state index contributed by atoms with van der Waals surface area (Å²) in [4.78, 5) is 27.6. The Morgan fingerprint density at radius 3 is 2.74 bits per heavy atom. The van der Waals surface area contributed by atoms with Crippen LogP contribution in [0.5, 0.6) is 0 Å². The average Bonchev–Trinajstić information content (AvgIpc) is 3.28. The van der Waals surface area contributed by atoms with Crippen molar-refractivity contribution in [1.29, 1.82) is 0 Å². The number of fused-ring (bicyclic) bond motifs is 4. The van der Waals surface area contributed by atoms with Crippen molar-refractivity contribution in [3.63, 3.8) is 0 Å². The summed E-state index contributed by atoms with van der Waals surface area (Å²) in [6.07, 6.45) is 2.95. The standard InChI is InChI=1S/C22H23ClN6O2/c23-19-6-4-16(5-7-19)17(13-28-14-24-25-26-28)9-22(31)27-10-15-8-18(12-27)20-2-1-3-21(30)29(20)11-15/h1-7,14-15,17-18H,8-13H2/t15-,17-,18+/m0/s1. The first-order valence-corrected chi connectivity index (χ1v) is 10.9. The number of benzene rings is 1. The van der Waals surface area contributed by atoms with Crippen LogP contribution in [0.3, 0.4) is 0 Å². The molecule has 2 bridgehead atoms. The number of pyridine rings is 1. The van der Waals surface area contributed by atoms with E-state index < -0.39 is 0 Å². The first kappa shape index (κ1) is 19.9. The average molecular weight is 439 g/mol. The highest BCUT2D eigenvalue weighted by Crippen LogP contribution is 2.36. The van der Waals surface area contributed by atoms with E-state index in [0.717, 1.165) is 17.7 Å². The molecular weight excluding hydrogens is 416 g/mol. The maximum Gasteiger partial charge on any atom is 0.250 e. The van der Waals surface area contributed by atoms with E-state index in [-0.39, 0.29) is 23.3 Å². The van der Waals surface area contributed by atoms with Gasteiger partial charge in [0.05, 0.1) is 6.54 Å². The van der Waals surface area contributed by atoms with Crippen LogP contribution >= 0.6 is 11.6 Å². The predicted octanol–water partition coefficient (Wildman–Crippen LogP) is 2.31. The topological polar surface area (TPSA) is 85.9 Å². The van der Waals surface area contributed by atoms with Gasteiger partial charge in [-0.1, -0.05) is 29.8 Å². The van der Waals surface area contributed by atoms with Gasteiger partial charge in [-0.3, -0.25) is 9.59 Å². The molecule has 5 rings (SSSR count). The van der Waals surface area contributed by atoms with E-state index in [1.165, 1.54) is 0 Å². The molecule has 1 fully saturated rings. The molecule has 160 valence electrons. The molecule has 0 saturated carbocycles. The van der Waals surface area contributed by atoms with Gasteiger partial charge in [0, 0.05) is 54.7 Å². The molecule has 0 radical (unpaired) electrons. The van der Waals surface area contributed by atoms with E-state index in [4.69, 9.17) is 11.6 Å². The lowest BCUT2D eigenvalue weighted by Gasteiger charge is -2.43. The SMILES string of the molecule is O=C(C[C@@H](Cn1cnnn1)c1ccc(Cl)cc1)N1C[C@@H]2C[C@H](C1)c1cccc(=O)n1C2. The second-order valence-corrected chi connectivity index (χ2v) is 8.92. The Labute approximate surface area is 184 Å². The minimum Gasteiger partial charge on any atom is -0.342 e. The number of likely N-dealkylation sites (tertiary alicyclic amines) is 1. The summed E-state index contributed by atoms with van der Waals surface area (Å²) in [5, 5.41) is 12.0. The highest BCUT2D eigenvalue weighted by Gasteiger charge is 2.36. The Morgan fingerprint density at radius 1 is 1.13 bits per heavy atom. The Morgan fingerprint density at radius 2 is 1.97 bits per heavy atom. The maximum absolute atomic E-state index is 13.4. The van der Waals surface area contributed by atoms with Gasteiger partial charge in [0.1, 0.15) is 6.33 Å². The summed E-state index contributed by atoms with van der Waals surface area (Å²) >= 11 is 6.06. The normalized spacial score (nSPS) is 20.9. The maximum atomic E-state index is 13.4. The first-order valence-electron chi connectivity index (χ1n) is 10.5. The van der Waals surface area contributed by atoms with E-state index in [9.17, 15) is 9.59 Å². The molecule has 3 atom stereocenters. The fourth-order valence-electron chi connectivity index (χ4n) is 4.95. The number of amides is 1. The van der Waals surface area contributed by atoms with Crippen molar-refractivity contribution in [2.75, 3.05) is 13.1 Å². The number of hydrogen-bond donors (Lipinski definition) is 0. The van der Waals surface area contributed by atoms with Crippen LogP contribution in [-0.4, -0.2) is 48.7 Å². The van der Waals surface area contributed by atoms with Crippen molar-refractivity contribution < 1.29 is 4.79 Å². The summed E-state index contributed by atoms with van der Waals surface area (Å²) in [6.45, 7) is 2.53. The molecule has 2 aliphatic rings. The molecule has 8 nitrogen and oxygen atoms in total. The van der Waals surface area contributed by atoms with Crippen molar-refractivity contribution in [2.24, 2.45) is 5.92 Å². The van der Waals surface area contributed by atoms with Gasteiger partial charge in [0.25, 0.3) is 5.56 Å². The van der Waals surface area contributed by atoms with Crippen molar-refractivity contribution in [1.82, 2.24) is 29.7 Å². The minimum absolute atomic E-state index is 0.0521. The van der Waals surface area contributed by atoms with Crippen LogP contribution in [0.4, 0.5) is 0 Å². The third kappa shape index (κ3) is 4.12. The summed E-state index contributed by atoms with van der Waals surface area (Å²) in [6, 6.07) is 13.0. The number of piperidine rings is 1. The van der Waals surface area contributed by atoms with Crippen LogP contribution in [0.1, 0.15) is 35.9 Å². The molecule has 0 unspecified atom stereocenters. The highest BCUT2D eigenvalue weighted by atomic mass is 35.5. The highest BCUT2D eigenvalue weighted by molar-refractivity contribution is 6.30. The zero-order valence-electron chi connectivity index (χ0n) is 17.0. The number of halogens is 1. The lowest BCUT2D eigenvalue weighted by atomic mass is 9.82. The van der Waals surface area contributed by atoms with Gasteiger partial charge >= 0.3 is 0 Å². The Balaban J connectivity index is 1.35. The van der Waals surface area contributed by atoms with E-state index in [2.05, 4.69) is 15.5 Å². The van der Waals surface area contributed by atoms with Crippen LogP contribution in [0.2, 0.25) is 5.02 Å². The summed E-state index contributed by atoms with van der Waals surface area (Å²) < 4.78 is 3.54. The van der Waals surface area contributed by atoms with Gasteiger partial charge < -0.3 is 9.47 Å². The van der Waals surface area contributed by atoms with Gasteiger partial charge in [0.2, 0.25) is 5.91 Å². The molecule has 1 saturated heterocycles. The molecule has 0 spiro atoms. The third-order valence-electron chi connectivity index (χ3n) is 6.39. The lowest BCUT2D eigenvalue weighted by molar-refractivity contribution is -0.134. The molecule has 1 aromatic carbocycles. The minimum atomic E-state index is -0.0649. The largest absolute Gasteiger partial charge is 0.342 e. The molecular formula is C22H23ClN6O2. The van der Waals surface area contributed by atoms with E-state index in [1.54, 1.807) is 17.1 Å². The fourth-order valence-corrected chi connectivity index (χ4v) is 5.08. The predicted molar refractivity (Wildman–Crippen MR) is 115 cm³/mol. The fraction of sp³-hybridized carbons (Fsp3) is 0.409. The lowest BCUT2D eigenvalue weighted by Crippen LogP contribution is -2.49. The van der Waals surface area contributed by atoms with Gasteiger partial charge in [-0.05, 0) is 46.5 Å². The van der Waals surface area contributed by atoms with Crippen LogP contribution in [0.15, 0.2) is 53.6 Å². The van der Waals surface area contributed by atoms with Gasteiger partial charge in [-0.25, -0.2) is 4.68 Å². The van der Waals surface area contributed by atoms with Gasteiger partial charge in [-0.2, -0.15) is 0 Å². The van der Waals surface area contributed by atoms with Gasteiger partial charge in [-0.15, -0.1) is 5.10 Å². The Bertz CT molecular complexity index is 1130. The second kappa shape index (κ2) is 8.26. The van der Waals surface area contributed by atoms with Crippen LogP contribution in [0, 0.1) is 5.92 Å². The van der Waals surface area contributed by atoms with E-state index in [0.29, 0.717) is 43.5 Å². The second-order valence-electron chi connectivity index (χ2n) is 8.48. The van der Waals surface area contributed by atoms with Crippen molar-refractivity contribution in [3.8, 4) is 0 Å². The number of nitrogens with zero attached hydrogens (tertiary/aromatic N) is 6. The summed E-state index contributed by atoms with van der Waals surface area (Å²) in [7, 11) is 0. The van der Waals surface area contributed by atoms with Crippen LogP contribution in [0.25, 0.3) is 0 Å². The van der Waals surface area contributed by atoms with Crippen molar-refractivity contribution >= 4 is 17.5 Å². The molecule has 0 N–H and O–H groups in total. The number of rotatable bonds is 5. The molecule has 2 aromatic heterocycles. The quantitative estimate of drug-likeness (QED) is 0.610.